The SMILES string of the molecule is CCCCN(CCCCO)c1nc(C)nc2oc(C)nc12. The van der Waals surface area contributed by atoms with Gasteiger partial charge in [-0.25, -0.2) is 9.97 Å². The van der Waals surface area contributed by atoms with E-state index in [0.717, 1.165) is 50.1 Å². The molecule has 0 fully saturated rings. The van der Waals surface area contributed by atoms with Gasteiger partial charge in [0.2, 0.25) is 0 Å². The van der Waals surface area contributed by atoms with E-state index in [4.69, 9.17) is 9.52 Å². The minimum absolute atomic E-state index is 0.225. The van der Waals surface area contributed by atoms with Gasteiger partial charge in [-0.05, 0) is 26.2 Å². The average Bonchev–Trinajstić information content (AvgIpc) is 2.82. The summed E-state index contributed by atoms with van der Waals surface area (Å²) in [6.45, 7) is 7.88. The molecule has 0 amide bonds. The van der Waals surface area contributed by atoms with E-state index < -0.39 is 0 Å². The first-order chi connectivity index (χ1) is 10.2. The van der Waals surface area contributed by atoms with Crippen LogP contribution in [-0.2, 0) is 0 Å². The zero-order valence-corrected chi connectivity index (χ0v) is 13.1. The van der Waals surface area contributed by atoms with Crippen molar-refractivity contribution in [3.63, 3.8) is 0 Å². The van der Waals surface area contributed by atoms with Crippen molar-refractivity contribution in [2.24, 2.45) is 0 Å². The highest BCUT2D eigenvalue weighted by Crippen LogP contribution is 2.24. The standard InChI is InChI=1S/C15H24N4O2/c1-4-5-8-19(9-6-7-10-20)14-13-15(17-11(2)16-14)21-12(3)18-13/h20H,4-10H2,1-3H3. The number of nitrogens with zero attached hydrogens (tertiary/aromatic N) is 4. The average molecular weight is 292 g/mol. The van der Waals surface area contributed by atoms with Crippen molar-refractivity contribution in [2.75, 3.05) is 24.6 Å². The molecule has 2 aromatic rings. The lowest BCUT2D eigenvalue weighted by Crippen LogP contribution is -2.27. The summed E-state index contributed by atoms with van der Waals surface area (Å²) in [5, 5.41) is 8.97. The summed E-state index contributed by atoms with van der Waals surface area (Å²) in [7, 11) is 0. The Morgan fingerprint density at radius 2 is 1.81 bits per heavy atom. The Morgan fingerprint density at radius 1 is 1.05 bits per heavy atom. The van der Waals surface area contributed by atoms with Gasteiger partial charge in [0.15, 0.2) is 17.2 Å². The zero-order valence-electron chi connectivity index (χ0n) is 13.1. The lowest BCUT2D eigenvalue weighted by molar-refractivity contribution is 0.285. The maximum absolute atomic E-state index is 8.97. The van der Waals surface area contributed by atoms with E-state index in [1.165, 1.54) is 0 Å². The highest BCUT2D eigenvalue weighted by atomic mass is 16.4. The number of rotatable bonds is 8. The second-order valence-corrected chi connectivity index (χ2v) is 5.25. The van der Waals surface area contributed by atoms with Crippen LogP contribution in [0.4, 0.5) is 5.82 Å². The molecule has 6 heteroatoms. The summed E-state index contributed by atoms with van der Waals surface area (Å²) in [6.07, 6.45) is 3.96. The highest BCUT2D eigenvalue weighted by molar-refractivity contribution is 5.82. The van der Waals surface area contributed by atoms with E-state index in [-0.39, 0.29) is 6.61 Å². The molecule has 0 radical (unpaired) electrons. The predicted molar refractivity (Wildman–Crippen MR) is 82.5 cm³/mol. The Kier molecular flexibility index (Phi) is 5.50. The first-order valence-corrected chi connectivity index (χ1v) is 7.63. The molecule has 0 bridgehead atoms. The second kappa shape index (κ2) is 7.36. The molecule has 0 saturated carbocycles. The van der Waals surface area contributed by atoms with Crippen LogP contribution in [0.2, 0.25) is 0 Å². The van der Waals surface area contributed by atoms with Gasteiger partial charge in [-0.1, -0.05) is 13.3 Å². The Morgan fingerprint density at radius 3 is 2.52 bits per heavy atom. The Hall–Kier alpha value is -1.69. The molecule has 0 saturated heterocycles. The van der Waals surface area contributed by atoms with Crippen molar-refractivity contribution < 1.29 is 9.52 Å². The van der Waals surface area contributed by atoms with E-state index in [0.29, 0.717) is 17.4 Å². The fraction of sp³-hybridized carbons (Fsp3) is 0.667. The van der Waals surface area contributed by atoms with Gasteiger partial charge in [-0.15, -0.1) is 0 Å². The molecular formula is C15H24N4O2. The Balaban J connectivity index is 2.32. The van der Waals surface area contributed by atoms with Crippen molar-refractivity contribution in [3.05, 3.63) is 11.7 Å². The van der Waals surface area contributed by atoms with Crippen molar-refractivity contribution in [2.45, 2.75) is 46.5 Å². The molecule has 0 aliphatic rings. The van der Waals surface area contributed by atoms with Crippen LogP contribution in [0.1, 0.15) is 44.3 Å². The first-order valence-electron chi connectivity index (χ1n) is 7.63. The van der Waals surface area contributed by atoms with Gasteiger partial charge < -0.3 is 14.4 Å². The van der Waals surface area contributed by atoms with Crippen LogP contribution >= 0.6 is 0 Å². The number of fused-ring (bicyclic) bond motifs is 1. The summed E-state index contributed by atoms with van der Waals surface area (Å²) in [5.74, 6) is 2.15. The molecule has 0 aliphatic carbocycles. The van der Waals surface area contributed by atoms with Crippen LogP contribution in [0.25, 0.3) is 11.2 Å². The van der Waals surface area contributed by atoms with Gasteiger partial charge in [0.25, 0.3) is 5.71 Å². The van der Waals surface area contributed by atoms with Gasteiger partial charge in [0, 0.05) is 26.6 Å². The van der Waals surface area contributed by atoms with E-state index >= 15 is 0 Å². The molecule has 21 heavy (non-hydrogen) atoms. The second-order valence-electron chi connectivity index (χ2n) is 5.25. The van der Waals surface area contributed by atoms with Gasteiger partial charge in [-0.2, -0.15) is 4.98 Å². The van der Waals surface area contributed by atoms with Crippen molar-refractivity contribution >= 4 is 17.0 Å². The first kappa shape index (κ1) is 15.7. The van der Waals surface area contributed by atoms with Crippen molar-refractivity contribution in [1.29, 1.82) is 0 Å². The number of hydrogen-bond donors (Lipinski definition) is 1. The minimum Gasteiger partial charge on any atom is -0.422 e. The van der Waals surface area contributed by atoms with Crippen molar-refractivity contribution in [1.82, 2.24) is 15.0 Å². The maximum Gasteiger partial charge on any atom is 0.252 e. The number of unbranched alkanes of at least 4 members (excludes halogenated alkanes) is 2. The smallest absolute Gasteiger partial charge is 0.252 e. The summed E-state index contributed by atoms with van der Waals surface area (Å²) in [5.41, 5.74) is 1.29. The van der Waals surface area contributed by atoms with Crippen LogP contribution in [0.5, 0.6) is 0 Å². The fourth-order valence-electron chi connectivity index (χ4n) is 2.32. The summed E-state index contributed by atoms with van der Waals surface area (Å²) in [6, 6.07) is 0. The Bertz CT molecular complexity index is 582. The largest absolute Gasteiger partial charge is 0.422 e. The van der Waals surface area contributed by atoms with Gasteiger partial charge in [0.1, 0.15) is 5.82 Å². The fourth-order valence-corrected chi connectivity index (χ4v) is 2.32. The molecule has 2 aromatic heterocycles. The zero-order chi connectivity index (χ0) is 15.2. The lowest BCUT2D eigenvalue weighted by atomic mass is 10.2. The minimum atomic E-state index is 0.225. The number of aryl methyl sites for hydroxylation is 2. The van der Waals surface area contributed by atoms with E-state index in [1.54, 1.807) is 0 Å². The molecule has 1 N–H and O–H groups in total. The molecule has 2 rings (SSSR count). The molecule has 0 atom stereocenters. The van der Waals surface area contributed by atoms with Crippen molar-refractivity contribution in [3.8, 4) is 0 Å². The predicted octanol–water partition coefficient (Wildman–Crippen LogP) is 2.61. The highest BCUT2D eigenvalue weighted by Gasteiger charge is 2.17. The monoisotopic (exact) mass is 292 g/mol. The van der Waals surface area contributed by atoms with Crippen LogP contribution in [0.3, 0.4) is 0 Å². The third kappa shape index (κ3) is 3.91. The number of oxazole rings is 1. The molecule has 0 aromatic carbocycles. The summed E-state index contributed by atoms with van der Waals surface area (Å²) < 4.78 is 5.54. The normalized spacial score (nSPS) is 11.2. The molecule has 6 nitrogen and oxygen atoms in total. The number of aliphatic hydroxyl groups is 1. The van der Waals surface area contributed by atoms with Gasteiger partial charge in [-0.3, -0.25) is 0 Å². The molecule has 116 valence electrons. The molecule has 0 aliphatic heterocycles. The third-order valence-corrected chi connectivity index (χ3v) is 3.38. The molecule has 0 unspecified atom stereocenters. The topological polar surface area (TPSA) is 75.3 Å². The summed E-state index contributed by atoms with van der Waals surface area (Å²) in [4.78, 5) is 15.5. The quantitative estimate of drug-likeness (QED) is 0.754. The maximum atomic E-state index is 8.97. The number of aliphatic hydroxyl groups excluding tert-OH is 1. The third-order valence-electron chi connectivity index (χ3n) is 3.38. The van der Waals surface area contributed by atoms with E-state index in [9.17, 15) is 0 Å². The van der Waals surface area contributed by atoms with Crippen LogP contribution in [0.15, 0.2) is 4.42 Å². The number of aromatic nitrogens is 3. The summed E-state index contributed by atoms with van der Waals surface area (Å²) >= 11 is 0. The van der Waals surface area contributed by atoms with Crippen LogP contribution < -0.4 is 4.90 Å². The van der Waals surface area contributed by atoms with Crippen LogP contribution in [0, 0.1) is 13.8 Å². The molecule has 0 spiro atoms. The molecule has 2 heterocycles. The van der Waals surface area contributed by atoms with E-state index in [1.807, 2.05) is 13.8 Å². The number of hydrogen-bond acceptors (Lipinski definition) is 6. The molecular weight excluding hydrogens is 268 g/mol. The Labute approximate surface area is 125 Å². The van der Waals surface area contributed by atoms with Crippen LogP contribution in [-0.4, -0.2) is 39.8 Å². The lowest BCUT2D eigenvalue weighted by Gasteiger charge is -2.23. The number of anilines is 1. The van der Waals surface area contributed by atoms with E-state index in [2.05, 4.69) is 26.8 Å². The van der Waals surface area contributed by atoms with Gasteiger partial charge >= 0.3 is 0 Å². The van der Waals surface area contributed by atoms with Gasteiger partial charge in [0.05, 0.1) is 0 Å².